The summed E-state index contributed by atoms with van der Waals surface area (Å²) in [7, 11) is 0. The van der Waals surface area contributed by atoms with Crippen molar-refractivity contribution in [1.82, 2.24) is 0 Å². The van der Waals surface area contributed by atoms with Gasteiger partial charge in [-0.2, -0.15) is 0 Å². The molecule has 0 spiro atoms. The number of cyclic esters (lactones) is 1. The van der Waals surface area contributed by atoms with Crippen molar-refractivity contribution in [3.63, 3.8) is 0 Å². The number of carbonyl (C=O) groups excluding carboxylic acids is 3. The van der Waals surface area contributed by atoms with Crippen LogP contribution in [-0.2, 0) is 42.8 Å². The highest BCUT2D eigenvalue weighted by Crippen LogP contribution is 2.35. The molecule has 2 aromatic rings. The predicted octanol–water partition coefficient (Wildman–Crippen LogP) is 0.990. The van der Waals surface area contributed by atoms with Crippen LogP contribution in [0.2, 0.25) is 0 Å². The van der Waals surface area contributed by atoms with Gasteiger partial charge in [0.25, 0.3) is 0 Å². The zero-order chi connectivity index (χ0) is 34.4. The van der Waals surface area contributed by atoms with Crippen LogP contribution in [-0.4, -0.2) is 112 Å². The molecular weight excluding hydrogens is 632 g/mol. The van der Waals surface area contributed by atoms with Crippen molar-refractivity contribution in [3.8, 4) is 11.5 Å². The maximum Gasteiger partial charge on any atom is 0.331 e. The number of hydrogen-bond acceptors (Lipinski definition) is 14. The molecule has 3 saturated heterocycles. The van der Waals surface area contributed by atoms with Gasteiger partial charge in [0.2, 0.25) is 0 Å². The van der Waals surface area contributed by atoms with E-state index in [0.717, 1.165) is 6.08 Å². The summed E-state index contributed by atoms with van der Waals surface area (Å²) in [5.74, 6) is -3.14. The van der Waals surface area contributed by atoms with Gasteiger partial charge >= 0.3 is 17.9 Å². The molecule has 3 fully saturated rings. The first-order valence-corrected chi connectivity index (χ1v) is 15.1. The van der Waals surface area contributed by atoms with E-state index in [1.807, 2.05) is 0 Å². The van der Waals surface area contributed by atoms with Gasteiger partial charge in [-0.05, 0) is 66.1 Å². The fourth-order valence-corrected chi connectivity index (χ4v) is 5.35. The SMILES string of the molecule is C/C(=C\[C@@H]1OC(=O)[C@H]([C@@H]2CO[C@@H]3O[C@H](COC(=O)/C=C/c4ccc(O)cc4)[C@H](O)[C@H](O)[C@H]3O2)[C@@H]1O)COC(=O)/C=C/c1ccc(O)cc1. The van der Waals surface area contributed by atoms with E-state index in [0.29, 0.717) is 16.7 Å². The maximum atomic E-state index is 12.8. The average Bonchev–Trinajstić information content (AvgIpc) is 3.35. The van der Waals surface area contributed by atoms with Crippen LogP contribution in [0.3, 0.4) is 0 Å². The van der Waals surface area contributed by atoms with E-state index in [1.165, 1.54) is 48.6 Å². The summed E-state index contributed by atoms with van der Waals surface area (Å²) in [6, 6.07) is 12.3. The number of aliphatic hydroxyl groups excluding tert-OH is 3. The number of aromatic hydroxyl groups is 2. The number of hydrogen-bond donors (Lipinski definition) is 5. The van der Waals surface area contributed by atoms with Gasteiger partial charge in [0.05, 0.1) is 12.7 Å². The Morgan fingerprint density at radius 2 is 1.42 bits per heavy atom. The van der Waals surface area contributed by atoms with Crippen LogP contribution in [0.5, 0.6) is 11.5 Å². The number of fused-ring (bicyclic) bond motifs is 1. The maximum absolute atomic E-state index is 12.8. The van der Waals surface area contributed by atoms with Gasteiger partial charge in [0.1, 0.15) is 67.3 Å². The van der Waals surface area contributed by atoms with Crippen molar-refractivity contribution >= 4 is 30.1 Å². The van der Waals surface area contributed by atoms with Gasteiger partial charge in [-0.3, -0.25) is 4.79 Å². The smallest absolute Gasteiger partial charge is 0.331 e. The molecule has 0 amide bonds. The van der Waals surface area contributed by atoms with Crippen molar-refractivity contribution in [2.24, 2.45) is 5.92 Å². The molecule has 3 aliphatic heterocycles. The molecule has 0 bridgehead atoms. The number of aliphatic hydroxyl groups is 3. The van der Waals surface area contributed by atoms with Crippen LogP contribution in [0, 0.1) is 5.92 Å². The molecule has 0 radical (unpaired) electrons. The number of rotatable bonds is 10. The molecular formula is C34H36O14. The van der Waals surface area contributed by atoms with E-state index < -0.39 is 79.5 Å². The average molecular weight is 669 g/mol. The minimum absolute atomic E-state index is 0.0800. The zero-order valence-corrected chi connectivity index (χ0v) is 25.7. The molecule has 3 aliphatic rings. The molecule has 9 atom stereocenters. The number of phenols is 2. The predicted molar refractivity (Wildman–Crippen MR) is 165 cm³/mol. The highest BCUT2D eigenvalue weighted by Gasteiger charge is 2.54. The third-order valence-corrected chi connectivity index (χ3v) is 7.92. The van der Waals surface area contributed by atoms with Gasteiger partial charge in [-0.25, -0.2) is 9.59 Å². The van der Waals surface area contributed by atoms with Crippen molar-refractivity contribution in [3.05, 3.63) is 83.5 Å². The summed E-state index contributed by atoms with van der Waals surface area (Å²) >= 11 is 0. The lowest BCUT2D eigenvalue weighted by Crippen LogP contribution is -2.64. The molecule has 2 aromatic carbocycles. The van der Waals surface area contributed by atoms with E-state index in [2.05, 4.69) is 0 Å². The summed E-state index contributed by atoms with van der Waals surface area (Å²) in [6.07, 6.45) is -3.29. The Balaban J connectivity index is 1.10. The fourth-order valence-electron chi connectivity index (χ4n) is 5.35. The number of esters is 3. The lowest BCUT2D eigenvalue weighted by atomic mass is 9.92. The Bertz CT molecular complexity index is 1530. The Morgan fingerprint density at radius 3 is 2.02 bits per heavy atom. The van der Waals surface area contributed by atoms with Crippen molar-refractivity contribution < 1.29 is 68.3 Å². The van der Waals surface area contributed by atoms with Crippen LogP contribution in [0.1, 0.15) is 18.1 Å². The summed E-state index contributed by atoms with van der Waals surface area (Å²) < 4.78 is 33.0. The van der Waals surface area contributed by atoms with Gasteiger partial charge in [-0.15, -0.1) is 0 Å². The molecule has 48 heavy (non-hydrogen) atoms. The molecule has 5 N–H and O–H groups in total. The van der Waals surface area contributed by atoms with Crippen LogP contribution in [0.4, 0.5) is 0 Å². The van der Waals surface area contributed by atoms with Gasteiger partial charge in [0.15, 0.2) is 6.29 Å². The molecule has 14 nitrogen and oxygen atoms in total. The lowest BCUT2D eigenvalue weighted by molar-refractivity contribution is -0.353. The minimum atomic E-state index is -1.55. The zero-order valence-electron chi connectivity index (χ0n) is 25.7. The largest absolute Gasteiger partial charge is 0.508 e. The summed E-state index contributed by atoms with van der Waals surface area (Å²) in [5.41, 5.74) is 1.83. The minimum Gasteiger partial charge on any atom is -0.508 e. The Morgan fingerprint density at radius 1 is 0.833 bits per heavy atom. The first-order chi connectivity index (χ1) is 23.0. The Hall–Kier alpha value is -4.57. The summed E-state index contributed by atoms with van der Waals surface area (Å²) in [4.78, 5) is 37.1. The lowest BCUT2D eigenvalue weighted by Gasteiger charge is -2.46. The van der Waals surface area contributed by atoms with Crippen LogP contribution < -0.4 is 0 Å². The first-order valence-electron chi connectivity index (χ1n) is 15.1. The molecule has 14 heteroatoms. The van der Waals surface area contributed by atoms with Crippen molar-refractivity contribution in [2.75, 3.05) is 19.8 Å². The van der Waals surface area contributed by atoms with Crippen LogP contribution >= 0.6 is 0 Å². The second-order valence-electron chi connectivity index (χ2n) is 11.5. The van der Waals surface area contributed by atoms with E-state index >= 15 is 0 Å². The number of benzene rings is 2. The van der Waals surface area contributed by atoms with Gasteiger partial charge < -0.3 is 54.0 Å². The monoisotopic (exact) mass is 668 g/mol. The summed E-state index contributed by atoms with van der Waals surface area (Å²) in [6.45, 7) is 0.872. The molecule has 5 rings (SSSR count). The first kappa shape index (κ1) is 34.8. The van der Waals surface area contributed by atoms with E-state index in [-0.39, 0.29) is 24.7 Å². The summed E-state index contributed by atoms with van der Waals surface area (Å²) in [5, 5.41) is 51.1. The second-order valence-corrected chi connectivity index (χ2v) is 11.5. The topological polar surface area (TPSA) is 208 Å². The third kappa shape index (κ3) is 8.66. The molecule has 0 saturated carbocycles. The fraction of sp³-hybridized carbons (Fsp3) is 0.382. The normalized spacial score (nSPS) is 30.6. The molecule has 3 heterocycles. The quantitative estimate of drug-likeness (QED) is 0.104. The van der Waals surface area contributed by atoms with Crippen molar-refractivity contribution in [2.45, 2.75) is 55.9 Å². The van der Waals surface area contributed by atoms with E-state index in [4.69, 9.17) is 28.4 Å². The highest BCUT2D eigenvalue weighted by molar-refractivity contribution is 5.87. The molecule has 0 unspecified atom stereocenters. The third-order valence-electron chi connectivity index (χ3n) is 7.92. The number of carbonyl (C=O) groups is 3. The number of ether oxygens (including phenoxy) is 6. The Labute approximate surface area is 275 Å². The highest BCUT2D eigenvalue weighted by atomic mass is 16.7. The molecule has 0 aliphatic carbocycles. The van der Waals surface area contributed by atoms with E-state index in [1.54, 1.807) is 31.2 Å². The van der Waals surface area contributed by atoms with E-state index in [9.17, 15) is 39.9 Å². The van der Waals surface area contributed by atoms with Crippen LogP contribution in [0.25, 0.3) is 12.2 Å². The van der Waals surface area contributed by atoms with Crippen molar-refractivity contribution in [1.29, 1.82) is 0 Å². The Kier molecular flexibility index (Phi) is 11.3. The van der Waals surface area contributed by atoms with Gasteiger partial charge in [-0.1, -0.05) is 24.3 Å². The number of phenolic OH excluding ortho intramolecular Hbond substituents is 2. The standard InChI is InChI=1S/C34H36O14/c1-18(15-43-26(37)12-6-19-2-8-21(35)9-3-19)14-23-29(39)28(33(42)47-23)24-16-45-34-32(46-24)31(41)30(40)25(48-34)17-44-27(38)13-7-20-4-10-22(36)11-5-20/h2-14,23-25,28-32,34-36,39-41H,15-17H2,1H3/b12-6+,13-7+,18-14+/t23-,24-,25+,28+,29+,30-,31-,32+,34+/m0/s1. The van der Waals surface area contributed by atoms with Crippen LogP contribution in [0.15, 0.2) is 72.3 Å². The molecule has 0 aromatic heterocycles. The second kappa shape index (κ2) is 15.6. The molecule has 256 valence electrons. The van der Waals surface area contributed by atoms with Gasteiger partial charge in [0, 0.05) is 12.2 Å².